The average Bonchev–Trinajstić information content (AvgIpc) is 2.84. The van der Waals surface area contributed by atoms with E-state index in [-0.39, 0.29) is 5.82 Å². The number of aromatic nitrogens is 4. The Hall–Kier alpha value is -1.82. The molecule has 0 unspecified atom stereocenters. The first-order chi connectivity index (χ1) is 9.65. The number of hydrogen-bond acceptors (Lipinski definition) is 4. The van der Waals surface area contributed by atoms with Crippen LogP contribution < -0.4 is 5.32 Å². The summed E-state index contributed by atoms with van der Waals surface area (Å²) in [7, 11) is 0. The predicted molar refractivity (Wildman–Crippen MR) is 74.5 cm³/mol. The summed E-state index contributed by atoms with van der Waals surface area (Å²) in [5.41, 5.74) is 0.946. The fraction of sp³-hybridized carbons (Fsp3) is 0.500. The third-order valence-electron chi connectivity index (χ3n) is 2.94. The number of aryl methyl sites for hydroxylation is 2. The third-order valence-corrected chi connectivity index (χ3v) is 2.94. The van der Waals surface area contributed by atoms with E-state index in [0.29, 0.717) is 25.4 Å². The lowest BCUT2D eigenvalue weighted by Gasteiger charge is -2.08. The largest absolute Gasteiger partial charge is 0.310 e. The number of tetrazole rings is 1. The first-order valence-electron chi connectivity index (χ1n) is 6.85. The van der Waals surface area contributed by atoms with Crippen LogP contribution in [0.5, 0.6) is 0 Å². The van der Waals surface area contributed by atoms with Crippen LogP contribution >= 0.6 is 0 Å². The molecule has 20 heavy (non-hydrogen) atoms. The van der Waals surface area contributed by atoms with Gasteiger partial charge in [0.1, 0.15) is 5.82 Å². The van der Waals surface area contributed by atoms with Crippen molar-refractivity contribution in [1.82, 2.24) is 25.5 Å². The van der Waals surface area contributed by atoms with Gasteiger partial charge in [0.25, 0.3) is 0 Å². The minimum absolute atomic E-state index is 0.210. The van der Waals surface area contributed by atoms with Crippen molar-refractivity contribution in [3.8, 4) is 0 Å². The highest BCUT2D eigenvalue weighted by molar-refractivity contribution is 5.16. The van der Waals surface area contributed by atoms with Crippen LogP contribution in [-0.4, -0.2) is 26.8 Å². The minimum Gasteiger partial charge on any atom is -0.310 e. The SMILES string of the molecule is CC(C)CNCc1nnnn1CCc1cccc(F)c1. The summed E-state index contributed by atoms with van der Waals surface area (Å²) in [6.07, 6.45) is 0.708. The molecule has 5 nitrogen and oxygen atoms in total. The molecule has 2 rings (SSSR count). The Morgan fingerprint density at radius 1 is 1.35 bits per heavy atom. The summed E-state index contributed by atoms with van der Waals surface area (Å²) in [5, 5.41) is 15.0. The molecule has 0 saturated heterocycles. The lowest BCUT2D eigenvalue weighted by atomic mass is 10.1. The van der Waals surface area contributed by atoms with Crippen LogP contribution in [0, 0.1) is 11.7 Å². The molecule has 1 aromatic heterocycles. The summed E-state index contributed by atoms with van der Waals surface area (Å²) in [4.78, 5) is 0. The molecule has 0 saturated carbocycles. The first-order valence-corrected chi connectivity index (χ1v) is 6.85. The molecule has 0 atom stereocenters. The van der Waals surface area contributed by atoms with Gasteiger partial charge in [-0.3, -0.25) is 0 Å². The van der Waals surface area contributed by atoms with E-state index in [1.807, 2.05) is 6.07 Å². The monoisotopic (exact) mass is 277 g/mol. The maximum absolute atomic E-state index is 13.1. The topological polar surface area (TPSA) is 55.6 Å². The van der Waals surface area contributed by atoms with Crippen LogP contribution in [0.4, 0.5) is 4.39 Å². The van der Waals surface area contributed by atoms with E-state index in [9.17, 15) is 4.39 Å². The van der Waals surface area contributed by atoms with E-state index in [1.54, 1.807) is 16.8 Å². The van der Waals surface area contributed by atoms with Crippen LogP contribution in [0.25, 0.3) is 0 Å². The number of benzene rings is 1. The molecular weight excluding hydrogens is 257 g/mol. The average molecular weight is 277 g/mol. The second-order valence-corrected chi connectivity index (χ2v) is 5.22. The van der Waals surface area contributed by atoms with Gasteiger partial charge in [-0.05, 0) is 47.0 Å². The Kier molecular flexibility index (Phi) is 5.17. The van der Waals surface area contributed by atoms with E-state index < -0.39 is 0 Å². The van der Waals surface area contributed by atoms with E-state index in [2.05, 4.69) is 34.7 Å². The Labute approximate surface area is 118 Å². The van der Waals surface area contributed by atoms with Crippen molar-refractivity contribution >= 4 is 0 Å². The number of halogens is 1. The fourth-order valence-corrected chi connectivity index (χ4v) is 1.92. The Balaban J connectivity index is 1.88. The molecule has 0 bridgehead atoms. The Morgan fingerprint density at radius 2 is 2.20 bits per heavy atom. The zero-order chi connectivity index (χ0) is 14.4. The zero-order valence-corrected chi connectivity index (χ0v) is 11.9. The second kappa shape index (κ2) is 7.09. The lowest BCUT2D eigenvalue weighted by molar-refractivity contribution is 0.509. The highest BCUT2D eigenvalue weighted by Crippen LogP contribution is 2.06. The van der Waals surface area contributed by atoms with Crippen LogP contribution in [0.2, 0.25) is 0 Å². The van der Waals surface area contributed by atoms with Gasteiger partial charge >= 0.3 is 0 Å². The van der Waals surface area contributed by atoms with E-state index in [1.165, 1.54) is 6.07 Å². The summed E-state index contributed by atoms with van der Waals surface area (Å²) in [6.45, 7) is 6.53. The molecule has 1 N–H and O–H groups in total. The number of nitrogens with one attached hydrogen (secondary N) is 1. The maximum atomic E-state index is 13.1. The summed E-state index contributed by atoms with van der Waals surface area (Å²) in [6, 6.07) is 6.61. The van der Waals surface area contributed by atoms with Gasteiger partial charge in [0.15, 0.2) is 5.82 Å². The maximum Gasteiger partial charge on any atom is 0.165 e. The first kappa shape index (κ1) is 14.6. The van der Waals surface area contributed by atoms with Crippen molar-refractivity contribution in [1.29, 1.82) is 0 Å². The van der Waals surface area contributed by atoms with Crippen LogP contribution in [-0.2, 0) is 19.5 Å². The van der Waals surface area contributed by atoms with E-state index >= 15 is 0 Å². The summed E-state index contributed by atoms with van der Waals surface area (Å²) >= 11 is 0. The van der Waals surface area contributed by atoms with Crippen LogP contribution in [0.3, 0.4) is 0 Å². The molecular formula is C14H20FN5. The molecule has 108 valence electrons. The lowest BCUT2D eigenvalue weighted by Crippen LogP contribution is -2.22. The molecule has 0 amide bonds. The van der Waals surface area contributed by atoms with Crippen LogP contribution in [0.1, 0.15) is 25.2 Å². The second-order valence-electron chi connectivity index (χ2n) is 5.22. The number of hydrogen-bond donors (Lipinski definition) is 1. The Bertz CT molecular complexity index is 538. The quantitative estimate of drug-likeness (QED) is 0.838. The minimum atomic E-state index is -0.210. The van der Waals surface area contributed by atoms with Crippen LogP contribution in [0.15, 0.2) is 24.3 Å². The van der Waals surface area contributed by atoms with Crippen molar-refractivity contribution in [2.75, 3.05) is 6.54 Å². The molecule has 0 radical (unpaired) electrons. The molecule has 0 fully saturated rings. The van der Waals surface area contributed by atoms with Crippen molar-refractivity contribution in [3.05, 3.63) is 41.5 Å². The molecule has 1 aromatic carbocycles. The molecule has 0 spiro atoms. The van der Waals surface area contributed by atoms with Gasteiger partial charge in [0.05, 0.1) is 6.54 Å². The fourth-order valence-electron chi connectivity index (χ4n) is 1.92. The Morgan fingerprint density at radius 3 is 2.95 bits per heavy atom. The van der Waals surface area contributed by atoms with Gasteiger partial charge in [-0.25, -0.2) is 9.07 Å². The van der Waals surface area contributed by atoms with Crippen molar-refractivity contribution in [3.63, 3.8) is 0 Å². The molecule has 0 aliphatic carbocycles. The van der Waals surface area contributed by atoms with Gasteiger partial charge < -0.3 is 5.32 Å². The van der Waals surface area contributed by atoms with Crippen molar-refractivity contribution < 1.29 is 4.39 Å². The highest BCUT2D eigenvalue weighted by atomic mass is 19.1. The standard InChI is InChI=1S/C14H20FN5/c1-11(2)9-16-10-14-17-18-19-20(14)7-6-12-4-3-5-13(15)8-12/h3-5,8,11,16H,6-7,9-10H2,1-2H3. The van der Waals surface area contributed by atoms with Gasteiger partial charge in [0.2, 0.25) is 0 Å². The molecule has 1 heterocycles. The summed E-state index contributed by atoms with van der Waals surface area (Å²) < 4.78 is 14.9. The van der Waals surface area contributed by atoms with Gasteiger partial charge in [-0.2, -0.15) is 0 Å². The van der Waals surface area contributed by atoms with Gasteiger partial charge in [-0.15, -0.1) is 5.10 Å². The van der Waals surface area contributed by atoms with Gasteiger partial charge in [0, 0.05) is 6.54 Å². The van der Waals surface area contributed by atoms with Gasteiger partial charge in [-0.1, -0.05) is 26.0 Å². The molecule has 6 heteroatoms. The van der Waals surface area contributed by atoms with Crippen molar-refractivity contribution in [2.45, 2.75) is 33.4 Å². The molecule has 0 aliphatic rings. The van der Waals surface area contributed by atoms with E-state index in [4.69, 9.17) is 0 Å². The third kappa shape index (κ3) is 4.38. The summed E-state index contributed by atoms with van der Waals surface area (Å²) in [5.74, 6) is 1.19. The molecule has 0 aliphatic heterocycles. The smallest absolute Gasteiger partial charge is 0.165 e. The predicted octanol–water partition coefficient (Wildman–Crippen LogP) is 1.80. The number of rotatable bonds is 7. The highest BCUT2D eigenvalue weighted by Gasteiger charge is 2.06. The normalized spacial score (nSPS) is 11.2. The molecule has 2 aromatic rings. The van der Waals surface area contributed by atoms with Crippen molar-refractivity contribution in [2.24, 2.45) is 5.92 Å². The number of nitrogens with zero attached hydrogens (tertiary/aromatic N) is 4. The zero-order valence-electron chi connectivity index (χ0n) is 11.9. The van der Waals surface area contributed by atoms with E-state index in [0.717, 1.165) is 17.9 Å².